The topological polar surface area (TPSA) is 221 Å². The van der Waals surface area contributed by atoms with E-state index in [1.165, 1.54) is 48.5 Å². The Morgan fingerprint density at radius 3 is 1.25 bits per heavy atom. The highest BCUT2D eigenvalue weighted by Gasteiger charge is 2.20. The summed E-state index contributed by atoms with van der Waals surface area (Å²) in [6, 6.07) is 44.5. The minimum atomic E-state index is 0.0685. The van der Waals surface area contributed by atoms with Gasteiger partial charge in [-0.05, 0) is 103 Å². The van der Waals surface area contributed by atoms with E-state index >= 15 is 0 Å². The number of aromatic amines is 2. The van der Waals surface area contributed by atoms with E-state index < -0.39 is 0 Å². The van der Waals surface area contributed by atoms with E-state index in [1.54, 1.807) is 92.2 Å². The Morgan fingerprint density at radius 2 is 0.736 bits per heavy atom. The third-order valence-electron chi connectivity index (χ3n) is 16.6. The first kappa shape index (κ1) is 82.5. The van der Waals surface area contributed by atoms with Gasteiger partial charge in [0.05, 0.1) is 123 Å². The second kappa shape index (κ2) is 38.1. The van der Waals surface area contributed by atoms with E-state index in [0.717, 1.165) is 84.1 Å². The number of nitrogens with zero attached hydrogens (tertiary/aromatic N) is 16. The number of hydrogen-bond acceptors (Lipinski definition) is 19. The number of thiazole rings is 5. The maximum atomic E-state index is 4.53. The van der Waals surface area contributed by atoms with Crippen molar-refractivity contribution in [2.45, 2.75) is 191 Å². The maximum Gasteiger partial charge on any atom is 0.170 e. The standard InChI is InChI=1S/C11H14N2.C10H13N3.C10H12N2.2C10H11NS.C9H11N3.3C9H10N2S/c1-11(2,3)10-12-8-6-4-5-7-9(8)13-10;1-10(2,3)9-12-7-4-5-11-6-8(7)13-9;1-8(2)9-7-12-6-4-3-5-10(12)11-9;2*1-7(2)10-11-8-5-3-4-6-9(8)12-10;1-7(2)8-6-12-9(11-8)4-3-5-10-12;1-6(2)9-11-7-5-10-4-3-8(7)12-9;1-6(2)9-11-7-3-4-10-5-8(7)12-9;1-6(2)9-11-8-7(12-9)4-3-5-10-8/h4-7H,1-3H3,(H,12,13);4-6H,1-3H3,(H,12,13);3-8H,1-2H3;3*3-7H,1-2H3;3*3-6H,1-2H3. The molecule has 0 aliphatic carbocycles. The summed E-state index contributed by atoms with van der Waals surface area (Å²) in [5.41, 5.74) is 13.7. The van der Waals surface area contributed by atoms with Crippen LogP contribution in [0.3, 0.4) is 0 Å². The molecule has 0 aliphatic rings. The molecule has 15 heterocycles. The molecule has 0 fully saturated rings. The molecule has 18 rings (SSSR count). The number of fused-ring (bicyclic) bond motifs is 9. The number of para-hydroxylation sites is 4. The van der Waals surface area contributed by atoms with Crippen molar-refractivity contribution >= 4 is 141 Å². The summed E-state index contributed by atoms with van der Waals surface area (Å²) >= 11 is 8.81. The number of pyridine rings is 5. The summed E-state index contributed by atoms with van der Waals surface area (Å²) in [4.78, 5) is 63.2. The van der Waals surface area contributed by atoms with E-state index in [-0.39, 0.29) is 10.8 Å². The molecule has 0 saturated heterocycles. The van der Waals surface area contributed by atoms with E-state index in [0.29, 0.717) is 41.4 Å². The number of benzene rings is 3. The number of H-pyrrole nitrogens is 2. The van der Waals surface area contributed by atoms with Crippen molar-refractivity contribution in [3.05, 3.63) is 250 Å². The largest absolute Gasteiger partial charge is 0.342 e. The number of aromatic nitrogens is 18. The minimum Gasteiger partial charge on any atom is -0.342 e. The van der Waals surface area contributed by atoms with Crippen LogP contribution in [0.25, 0.3) is 84.6 Å². The van der Waals surface area contributed by atoms with Crippen molar-refractivity contribution in [2.24, 2.45) is 0 Å². The van der Waals surface area contributed by atoms with Crippen molar-refractivity contribution in [3.8, 4) is 0 Å². The summed E-state index contributed by atoms with van der Waals surface area (Å²) in [7, 11) is 0. The fourth-order valence-corrected chi connectivity index (χ4v) is 15.0. The lowest BCUT2D eigenvalue weighted by atomic mass is 9.96. The van der Waals surface area contributed by atoms with Gasteiger partial charge in [0.25, 0.3) is 0 Å². The zero-order valence-electron chi connectivity index (χ0n) is 66.8. The molecule has 0 amide bonds. The predicted molar refractivity (Wildman–Crippen MR) is 466 cm³/mol. The molecular formula is C87H102N18S5. The maximum absolute atomic E-state index is 4.53. The Kier molecular flexibility index (Phi) is 28.5. The summed E-state index contributed by atoms with van der Waals surface area (Å²) in [6.07, 6.45) is 20.5. The first-order valence-corrected chi connectivity index (χ1v) is 41.5. The molecule has 3 aromatic carbocycles. The van der Waals surface area contributed by atoms with Crippen LogP contribution in [0.1, 0.15) is 228 Å². The fraction of sp³-hybridized carbons (Fsp3) is 0.333. The lowest BCUT2D eigenvalue weighted by Crippen LogP contribution is -2.12. The molecule has 23 heteroatoms. The lowest BCUT2D eigenvalue weighted by molar-refractivity contribution is 0.554. The van der Waals surface area contributed by atoms with Crippen molar-refractivity contribution < 1.29 is 0 Å². The van der Waals surface area contributed by atoms with Crippen molar-refractivity contribution in [1.29, 1.82) is 0 Å². The molecule has 0 bridgehead atoms. The van der Waals surface area contributed by atoms with Gasteiger partial charge in [0, 0.05) is 90.0 Å². The molecule has 0 saturated carbocycles. The molecule has 570 valence electrons. The van der Waals surface area contributed by atoms with Gasteiger partial charge in [-0.25, -0.2) is 54.4 Å². The molecule has 18 nitrogen and oxygen atoms in total. The van der Waals surface area contributed by atoms with Crippen LogP contribution in [0.15, 0.2) is 202 Å². The number of imidazole rings is 4. The van der Waals surface area contributed by atoms with Gasteiger partial charge in [-0.3, -0.25) is 15.0 Å². The van der Waals surface area contributed by atoms with Crippen LogP contribution in [0.4, 0.5) is 0 Å². The van der Waals surface area contributed by atoms with Crippen LogP contribution in [0, 0.1) is 0 Å². The molecule has 0 spiro atoms. The number of hydrogen-bond donors (Lipinski definition) is 2. The van der Waals surface area contributed by atoms with E-state index in [4.69, 9.17) is 0 Å². The Bertz CT molecular complexity index is 4700. The molecule has 110 heavy (non-hydrogen) atoms. The first-order valence-electron chi connectivity index (χ1n) is 37.4. The summed E-state index contributed by atoms with van der Waals surface area (Å²) in [5.74, 6) is 5.65. The van der Waals surface area contributed by atoms with Gasteiger partial charge in [-0.15, -0.1) is 56.7 Å². The number of rotatable bonds is 7. The highest BCUT2D eigenvalue weighted by molar-refractivity contribution is 7.20. The van der Waals surface area contributed by atoms with Crippen LogP contribution in [-0.4, -0.2) is 88.8 Å². The molecule has 0 aliphatic heterocycles. The van der Waals surface area contributed by atoms with Crippen LogP contribution in [0.5, 0.6) is 0 Å². The smallest absolute Gasteiger partial charge is 0.170 e. The van der Waals surface area contributed by atoms with Gasteiger partial charge < -0.3 is 14.4 Å². The zero-order chi connectivity index (χ0) is 78.8. The van der Waals surface area contributed by atoms with Gasteiger partial charge in [-0.2, -0.15) is 5.10 Å². The van der Waals surface area contributed by atoms with Gasteiger partial charge in [0.15, 0.2) is 11.3 Å². The van der Waals surface area contributed by atoms with Crippen molar-refractivity contribution in [3.63, 3.8) is 0 Å². The zero-order valence-corrected chi connectivity index (χ0v) is 70.9. The normalized spacial score (nSPS) is 11.5. The van der Waals surface area contributed by atoms with Gasteiger partial charge in [0.1, 0.15) is 17.3 Å². The second-order valence-electron chi connectivity index (χ2n) is 30.5. The molecule has 0 radical (unpaired) electrons. The summed E-state index contributed by atoms with van der Waals surface area (Å²) in [5, 5.41) is 10.2. The number of nitrogens with one attached hydrogen (secondary N) is 2. The fourth-order valence-electron chi connectivity index (χ4n) is 10.3. The Hall–Kier alpha value is -10.0. The molecular weight excluding hydrogens is 1460 g/mol. The molecule has 15 aromatic heterocycles. The minimum absolute atomic E-state index is 0.0685. The predicted octanol–water partition coefficient (Wildman–Crippen LogP) is 24.7. The molecule has 2 N–H and O–H groups in total. The Morgan fingerprint density at radius 1 is 0.318 bits per heavy atom. The highest BCUT2D eigenvalue weighted by Crippen LogP contribution is 2.32. The van der Waals surface area contributed by atoms with Crippen LogP contribution < -0.4 is 0 Å². The van der Waals surface area contributed by atoms with Gasteiger partial charge in [-0.1, -0.05) is 181 Å². The molecule has 0 unspecified atom stereocenters. The van der Waals surface area contributed by atoms with E-state index in [1.807, 2.05) is 116 Å². The Labute approximate surface area is 665 Å². The van der Waals surface area contributed by atoms with E-state index in [9.17, 15) is 0 Å². The van der Waals surface area contributed by atoms with E-state index in [2.05, 4.69) is 277 Å². The van der Waals surface area contributed by atoms with Gasteiger partial charge >= 0.3 is 0 Å². The third-order valence-corrected chi connectivity index (χ3v) is 23.2. The van der Waals surface area contributed by atoms with Crippen LogP contribution in [-0.2, 0) is 10.8 Å². The summed E-state index contributed by atoms with van der Waals surface area (Å²) < 4.78 is 10.0. The lowest BCUT2D eigenvalue weighted by Gasteiger charge is -2.13. The van der Waals surface area contributed by atoms with Crippen molar-refractivity contribution in [2.75, 3.05) is 0 Å². The highest BCUT2D eigenvalue weighted by atomic mass is 32.1. The third kappa shape index (κ3) is 22.8. The van der Waals surface area contributed by atoms with Crippen molar-refractivity contribution in [1.82, 2.24) is 88.8 Å². The second-order valence-corrected chi connectivity index (χ2v) is 35.8. The first-order chi connectivity index (χ1) is 52.5. The molecule has 0 atom stereocenters. The summed E-state index contributed by atoms with van der Waals surface area (Å²) in [6.45, 7) is 43.1. The SMILES string of the molecule is CC(C)(C)c1nc2ccccc2[nH]1.CC(C)(C)c1nc2ccncc2[nH]1.CC(C)c1cn2ccccc2n1.CC(C)c1cn2ncccc2n1.CC(C)c1nc2ccccc2s1.CC(C)c1nc2ccccc2s1.CC(C)c1nc2ccncc2s1.CC(C)c1nc2cnccc2s1.CC(C)c1nc2ncccc2s1. The van der Waals surface area contributed by atoms with Gasteiger partial charge in [0.2, 0.25) is 0 Å². The quantitative estimate of drug-likeness (QED) is 0.152. The Balaban J connectivity index is 0.000000132. The monoisotopic (exact) mass is 1560 g/mol. The average Bonchev–Trinajstić information content (AvgIpc) is 1.75. The molecule has 18 aromatic rings. The van der Waals surface area contributed by atoms with Crippen LogP contribution >= 0.6 is 56.7 Å². The average molecular weight is 1560 g/mol. The van der Waals surface area contributed by atoms with Crippen LogP contribution in [0.2, 0.25) is 0 Å².